The van der Waals surface area contributed by atoms with E-state index in [-0.39, 0.29) is 5.82 Å². The Bertz CT molecular complexity index is 1420. The molecule has 3 heterocycles. The van der Waals surface area contributed by atoms with Gasteiger partial charge in [-0.1, -0.05) is 60.7 Å². The third kappa shape index (κ3) is 4.99. The summed E-state index contributed by atoms with van der Waals surface area (Å²) >= 11 is 0. The monoisotopic (exact) mass is 506 g/mol. The average Bonchev–Trinajstić information content (AvgIpc) is 3.60. The Hall–Kier alpha value is -3.81. The fourth-order valence-electron chi connectivity index (χ4n) is 6.04. The van der Waals surface area contributed by atoms with E-state index in [2.05, 4.69) is 87.6 Å². The number of benzene rings is 3. The minimum Gasteiger partial charge on any atom is -0.363 e. The number of carbonyl (C=O) groups excluding carboxylic acids is 1. The highest BCUT2D eigenvalue weighted by atomic mass is 16.1. The number of primary amides is 1. The fraction of sp³-hybridized carbons (Fsp3) is 0.323. The van der Waals surface area contributed by atoms with E-state index in [9.17, 15) is 4.79 Å². The van der Waals surface area contributed by atoms with Crippen molar-refractivity contribution in [3.63, 3.8) is 0 Å². The van der Waals surface area contributed by atoms with Crippen molar-refractivity contribution in [1.82, 2.24) is 24.6 Å². The Kier molecular flexibility index (Phi) is 6.55. The maximum Gasteiger partial charge on any atom is 0.288 e. The zero-order valence-corrected chi connectivity index (χ0v) is 22.0. The summed E-state index contributed by atoms with van der Waals surface area (Å²) in [4.78, 5) is 20.6. The molecule has 4 aromatic rings. The molecule has 1 amide bonds. The van der Waals surface area contributed by atoms with Crippen LogP contribution in [0.5, 0.6) is 0 Å². The number of carbonyl (C=O) groups is 1. The van der Waals surface area contributed by atoms with Crippen LogP contribution in [0, 0.1) is 12.8 Å². The van der Waals surface area contributed by atoms with Crippen molar-refractivity contribution in [2.75, 3.05) is 26.7 Å². The molecule has 7 nitrogen and oxygen atoms in total. The molecule has 0 saturated carbocycles. The van der Waals surface area contributed by atoms with Gasteiger partial charge in [0.2, 0.25) is 5.82 Å². The molecule has 2 fully saturated rings. The summed E-state index contributed by atoms with van der Waals surface area (Å²) in [5, 5.41) is 4.20. The number of aryl methyl sites for hydroxylation is 1. The normalized spacial score (nSPS) is 19.6. The molecule has 2 aliphatic rings. The van der Waals surface area contributed by atoms with Gasteiger partial charge in [-0.05, 0) is 79.2 Å². The number of fused-ring (bicyclic) bond motifs is 1. The molecule has 2 saturated heterocycles. The lowest BCUT2D eigenvalue weighted by atomic mass is 9.99. The topological polar surface area (TPSA) is 80.3 Å². The van der Waals surface area contributed by atoms with Gasteiger partial charge in [-0.3, -0.25) is 9.69 Å². The maximum absolute atomic E-state index is 11.4. The number of hydrogen-bond acceptors (Lipinski definition) is 5. The highest BCUT2D eigenvalue weighted by Crippen LogP contribution is 2.32. The molecule has 6 rings (SSSR count). The third-order valence-electron chi connectivity index (χ3n) is 8.05. The molecule has 7 heteroatoms. The van der Waals surface area contributed by atoms with E-state index in [1.165, 1.54) is 53.9 Å². The molecule has 2 N–H and O–H groups in total. The van der Waals surface area contributed by atoms with E-state index in [0.29, 0.717) is 5.82 Å². The predicted octanol–water partition coefficient (Wildman–Crippen LogP) is 4.07. The van der Waals surface area contributed by atoms with Crippen LogP contribution >= 0.6 is 0 Å². The molecule has 3 aromatic carbocycles. The lowest BCUT2D eigenvalue weighted by Gasteiger charge is -2.24. The van der Waals surface area contributed by atoms with Gasteiger partial charge in [-0.25, -0.2) is 9.67 Å². The number of likely N-dealkylation sites (N-methyl/N-ethyl adjacent to an activating group) is 1. The van der Waals surface area contributed by atoms with Crippen LogP contribution in [0.4, 0.5) is 0 Å². The van der Waals surface area contributed by atoms with Crippen LogP contribution in [-0.4, -0.2) is 63.2 Å². The van der Waals surface area contributed by atoms with Gasteiger partial charge in [-0.2, -0.15) is 0 Å². The van der Waals surface area contributed by atoms with Gasteiger partial charge in [-0.15, -0.1) is 5.10 Å². The summed E-state index contributed by atoms with van der Waals surface area (Å²) in [6, 6.07) is 26.8. The molecular formula is C31H34N6O. The van der Waals surface area contributed by atoms with Crippen molar-refractivity contribution < 1.29 is 4.79 Å². The van der Waals surface area contributed by atoms with Gasteiger partial charge >= 0.3 is 0 Å². The number of hydrogen-bond donors (Lipinski definition) is 1. The molecular weight excluding hydrogens is 472 g/mol. The molecule has 0 bridgehead atoms. The average molecular weight is 507 g/mol. The molecule has 0 unspecified atom stereocenters. The zero-order chi connectivity index (χ0) is 26.2. The minimum atomic E-state index is -0.625. The summed E-state index contributed by atoms with van der Waals surface area (Å²) in [6.07, 6.45) is 2.18. The Balaban J connectivity index is 1.08. The van der Waals surface area contributed by atoms with Crippen molar-refractivity contribution in [3.05, 3.63) is 101 Å². The van der Waals surface area contributed by atoms with Crippen LogP contribution in [-0.2, 0) is 13.0 Å². The highest BCUT2D eigenvalue weighted by Gasteiger charge is 2.39. The Morgan fingerprint density at radius 3 is 2.11 bits per heavy atom. The first-order valence-electron chi connectivity index (χ1n) is 13.4. The van der Waals surface area contributed by atoms with E-state index in [1.54, 1.807) is 11.6 Å². The first kappa shape index (κ1) is 24.5. The van der Waals surface area contributed by atoms with E-state index in [0.717, 1.165) is 30.6 Å². The molecule has 38 heavy (non-hydrogen) atoms. The number of aromatic nitrogens is 3. The third-order valence-corrected chi connectivity index (χ3v) is 8.05. The number of rotatable bonds is 7. The highest BCUT2D eigenvalue weighted by molar-refractivity contribution is 5.88. The van der Waals surface area contributed by atoms with Crippen molar-refractivity contribution >= 4 is 5.91 Å². The number of nitrogens with two attached hydrogens (primary N) is 1. The van der Waals surface area contributed by atoms with Crippen molar-refractivity contribution in [3.8, 4) is 16.8 Å². The Labute approximate surface area is 223 Å². The molecule has 1 aromatic heterocycles. The quantitative estimate of drug-likeness (QED) is 0.409. The maximum atomic E-state index is 11.4. The lowest BCUT2D eigenvalue weighted by Crippen LogP contribution is -2.33. The van der Waals surface area contributed by atoms with Gasteiger partial charge in [0.1, 0.15) is 5.82 Å². The summed E-state index contributed by atoms with van der Waals surface area (Å²) in [7, 11) is 2.25. The van der Waals surface area contributed by atoms with Gasteiger partial charge in [0.15, 0.2) is 0 Å². The number of amides is 1. The summed E-state index contributed by atoms with van der Waals surface area (Å²) in [6.45, 7) is 6.54. The van der Waals surface area contributed by atoms with Crippen LogP contribution in [0.25, 0.3) is 16.8 Å². The van der Waals surface area contributed by atoms with Gasteiger partial charge in [0.05, 0.1) is 5.69 Å². The summed E-state index contributed by atoms with van der Waals surface area (Å²) in [5.74, 6) is 0.884. The molecule has 0 radical (unpaired) electrons. The van der Waals surface area contributed by atoms with Gasteiger partial charge in [0, 0.05) is 25.7 Å². The first-order valence-corrected chi connectivity index (χ1v) is 13.4. The molecule has 2 atom stereocenters. The van der Waals surface area contributed by atoms with E-state index < -0.39 is 5.91 Å². The summed E-state index contributed by atoms with van der Waals surface area (Å²) in [5.41, 5.74) is 12.5. The second kappa shape index (κ2) is 10.2. The van der Waals surface area contributed by atoms with Crippen molar-refractivity contribution in [2.45, 2.75) is 32.4 Å². The van der Waals surface area contributed by atoms with Crippen molar-refractivity contribution in [1.29, 1.82) is 0 Å². The predicted molar refractivity (Wildman–Crippen MR) is 149 cm³/mol. The van der Waals surface area contributed by atoms with Crippen LogP contribution in [0.15, 0.2) is 72.8 Å². The van der Waals surface area contributed by atoms with E-state index >= 15 is 0 Å². The molecule has 0 aliphatic carbocycles. The molecule has 2 aliphatic heterocycles. The van der Waals surface area contributed by atoms with Crippen LogP contribution in [0.3, 0.4) is 0 Å². The molecule has 194 valence electrons. The second-order valence-corrected chi connectivity index (χ2v) is 10.8. The van der Waals surface area contributed by atoms with Crippen molar-refractivity contribution in [2.24, 2.45) is 11.7 Å². The number of likely N-dealkylation sites (tertiary alicyclic amines) is 2. The number of nitrogens with zero attached hydrogens (tertiary/aromatic N) is 5. The fourth-order valence-corrected chi connectivity index (χ4v) is 6.04. The van der Waals surface area contributed by atoms with Crippen LogP contribution in [0.2, 0.25) is 0 Å². The van der Waals surface area contributed by atoms with Gasteiger partial charge in [0.25, 0.3) is 5.91 Å². The van der Waals surface area contributed by atoms with Crippen LogP contribution < -0.4 is 5.73 Å². The zero-order valence-electron chi connectivity index (χ0n) is 22.0. The lowest BCUT2D eigenvalue weighted by molar-refractivity contribution is 0.0990. The van der Waals surface area contributed by atoms with Gasteiger partial charge < -0.3 is 10.6 Å². The van der Waals surface area contributed by atoms with E-state index in [4.69, 9.17) is 5.73 Å². The van der Waals surface area contributed by atoms with E-state index in [1.807, 2.05) is 12.1 Å². The Morgan fingerprint density at radius 1 is 0.895 bits per heavy atom. The minimum absolute atomic E-state index is 0.0307. The molecule has 0 spiro atoms. The largest absolute Gasteiger partial charge is 0.363 e. The second-order valence-electron chi connectivity index (χ2n) is 10.8. The smallest absolute Gasteiger partial charge is 0.288 e. The summed E-state index contributed by atoms with van der Waals surface area (Å²) < 4.78 is 1.64. The first-order chi connectivity index (χ1) is 18.4. The Morgan fingerprint density at radius 2 is 1.50 bits per heavy atom. The van der Waals surface area contributed by atoms with Crippen LogP contribution in [0.1, 0.15) is 39.6 Å². The standard InChI is InChI=1S/C31H34N6O/c1-21-33-31(30(32)38)34-37(21)28-13-7-23(8-14-28)17-22-3-9-25(10-4-22)26-11-5-24(6-12-26)18-36-16-15-27-19-35(2)20-29(27)36/h3-14,27,29H,15-20H2,1-2H3,(H2,32,38)/t27-,29+/m0/s1. The SMILES string of the molecule is Cc1nc(C(N)=O)nn1-c1ccc(Cc2ccc(-c3ccc(CN4CC[C@H]5CN(C)C[C@H]54)cc3)cc2)cc1.